The molecule has 0 saturated heterocycles. The van der Waals surface area contributed by atoms with Crippen LogP contribution in [-0.2, 0) is 11.2 Å². The molecule has 4 heteroatoms. The fourth-order valence-electron chi connectivity index (χ4n) is 1.98. The van der Waals surface area contributed by atoms with Gasteiger partial charge in [-0.25, -0.2) is 5.43 Å². The van der Waals surface area contributed by atoms with Crippen LogP contribution in [0.25, 0.3) is 0 Å². The van der Waals surface area contributed by atoms with Crippen LogP contribution in [0.2, 0.25) is 0 Å². The van der Waals surface area contributed by atoms with Crippen molar-refractivity contribution in [1.29, 1.82) is 0 Å². The van der Waals surface area contributed by atoms with E-state index < -0.39 is 0 Å². The van der Waals surface area contributed by atoms with Crippen molar-refractivity contribution in [3.63, 3.8) is 0 Å². The quantitative estimate of drug-likeness (QED) is 0.665. The number of carbonyl (C=O) groups excluding carboxylic acids is 1. The summed E-state index contributed by atoms with van der Waals surface area (Å²) in [5, 5.41) is 3.97. The monoisotopic (exact) mass is 344 g/mol. The number of aryl methyl sites for hydroxylation is 2. The predicted octanol–water partition coefficient (Wildman–Crippen LogP) is 3.76. The molecular weight excluding hydrogens is 328 g/mol. The highest BCUT2D eigenvalue weighted by Crippen LogP contribution is 2.11. The molecule has 0 unspecified atom stereocenters. The molecule has 0 fully saturated rings. The molecule has 1 N–H and O–H groups in total. The second-order valence-corrected chi connectivity index (χ2v) is 5.87. The van der Waals surface area contributed by atoms with Crippen molar-refractivity contribution in [2.45, 2.75) is 20.3 Å². The highest BCUT2D eigenvalue weighted by molar-refractivity contribution is 9.10. The molecule has 0 atom stereocenters. The molecule has 0 spiro atoms. The van der Waals surface area contributed by atoms with Crippen molar-refractivity contribution < 1.29 is 4.79 Å². The molecule has 0 saturated carbocycles. The van der Waals surface area contributed by atoms with E-state index in [1.807, 2.05) is 50.2 Å². The molecule has 3 nitrogen and oxygen atoms in total. The predicted molar refractivity (Wildman–Crippen MR) is 89.5 cm³/mol. The van der Waals surface area contributed by atoms with Gasteiger partial charge in [0.05, 0.1) is 12.6 Å². The van der Waals surface area contributed by atoms with Crippen LogP contribution in [0.5, 0.6) is 0 Å². The van der Waals surface area contributed by atoms with Gasteiger partial charge in [-0.15, -0.1) is 0 Å². The largest absolute Gasteiger partial charge is 0.273 e. The number of halogens is 1. The molecule has 0 heterocycles. The summed E-state index contributed by atoms with van der Waals surface area (Å²) in [5.74, 6) is -0.115. The van der Waals surface area contributed by atoms with E-state index >= 15 is 0 Å². The van der Waals surface area contributed by atoms with Gasteiger partial charge in [-0.3, -0.25) is 4.79 Å². The molecule has 0 aliphatic carbocycles. The van der Waals surface area contributed by atoms with Gasteiger partial charge in [-0.1, -0.05) is 51.8 Å². The van der Waals surface area contributed by atoms with Crippen LogP contribution in [0, 0.1) is 13.8 Å². The molecule has 0 radical (unpaired) electrons. The van der Waals surface area contributed by atoms with Crippen LogP contribution in [0.4, 0.5) is 0 Å². The topological polar surface area (TPSA) is 41.5 Å². The van der Waals surface area contributed by atoms with Gasteiger partial charge >= 0.3 is 0 Å². The van der Waals surface area contributed by atoms with E-state index in [-0.39, 0.29) is 5.91 Å². The van der Waals surface area contributed by atoms with Crippen molar-refractivity contribution in [3.8, 4) is 0 Å². The number of nitrogens with zero attached hydrogens (tertiary/aromatic N) is 1. The minimum Gasteiger partial charge on any atom is -0.273 e. The van der Waals surface area contributed by atoms with Crippen LogP contribution in [0.15, 0.2) is 52.0 Å². The number of hydrogen-bond acceptors (Lipinski definition) is 2. The van der Waals surface area contributed by atoms with Gasteiger partial charge < -0.3 is 0 Å². The van der Waals surface area contributed by atoms with Gasteiger partial charge in [0.2, 0.25) is 5.91 Å². The van der Waals surface area contributed by atoms with E-state index in [1.54, 1.807) is 6.21 Å². The van der Waals surface area contributed by atoms with Crippen molar-refractivity contribution in [2.75, 3.05) is 0 Å². The first-order chi connectivity index (χ1) is 10.0. The van der Waals surface area contributed by atoms with E-state index in [0.29, 0.717) is 6.42 Å². The molecule has 108 valence electrons. The molecular formula is C17H17BrN2O. The van der Waals surface area contributed by atoms with Crippen LogP contribution < -0.4 is 5.43 Å². The Hall–Kier alpha value is -1.94. The lowest BCUT2D eigenvalue weighted by Crippen LogP contribution is -2.20. The van der Waals surface area contributed by atoms with Gasteiger partial charge in [0.25, 0.3) is 0 Å². The molecule has 2 aromatic rings. The minimum absolute atomic E-state index is 0.115. The second-order valence-electron chi connectivity index (χ2n) is 4.95. The van der Waals surface area contributed by atoms with Gasteiger partial charge in [-0.2, -0.15) is 5.10 Å². The lowest BCUT2D eigenvalue weighted by molar-refractivity contribution is -0.120. The summed E-state index contributed by atoms with van der Waals surface area (Å²) in [5.41, 5.74) is 6.84. The Bertz CT molecular complexity index is 663. The molecule has 0 aromatic heterocycles. The summed E-state index contributed by atoms with van der Waals surface area (Å²) >= 11 is 3.37. The Balaban J connectivity index is 1.91. The van der Waals surface area contributed by atoms with Gasteiger partial charge in [-0.05, 0) is 42.7 Å². The Morgan fingerprint density at radius 1 is 1.19 bits per heavy atom. The maximum Gasteiger partial charge on any atom is 0.244 e. The smallest absolute Gasteiger partial charge is 0.244 e. The van der Waals surface area contributed by atoms with Crippen molar-refractivity contribution in [1.82, 2.24) is 5.43 Å². The lowest BCUT2D eigenvalue weighted by atomic mass is 10.0. The third kappa shape index (κ3) is 4.83. The molecule has 21 heavy (non-hydrogen) atoms. The Labute approximate surface area is 133 Å². The first kappa shape index (κ1) is 15.4. The normalized spacial score (nSPS) is 10.8. The third-order valence-corrected chi connectivity index (χ3v) is 3.65. The minimum atomic E-state index is -0.115. The zero-order chi connectivity index (χ0) is 15.2. The van der Waals surface area contributed by atoms with Gasteiger partial charge in [0.1, 0.15) is 0 Å². The number of amides is 1. The summed E-state index contributed by atoms with van der Waals surface area (Å²) in [7, 11) is 0. The Morgan fingerprint density at radius 2 is 1.90 bits per heavy atom. The lowest BCUT2D eigenvalue weighted by Gasteiger charge is -2.05. The number of hydrazone groups is 1. The zero-order valence-corrected chi connectivity index (χ0v) is 13.6. The van der Waals surface area contributed by atoms with E-state index in [2.05, 4.69) is 32.5 Å². The van der Waals surface area contributed by atoms with Crippen molar-refractivity contribution >= 4 is 28.1 Å². The van der Waals surface area contributed by atoms with Gasteiger partial charge in [0, 0.05) is 4.47 Å². The highest BCUT2D eigenvalue weighted by Gasteiger charge is 2.04. The third-order valence-electron chi connectivity index (χ3n) is 3.12. The molecule has 0 aliphatic rings. The zero-order valence-electron chi connectivity index (χ0n) is 12.1. The Kier molecular flexibility index (Phi) is 5.28. The molecule has 1 amide bonds. The summed E-state index contributed by atoms with van der Waals surface area (Å²) < 4.78 is 1.01. The number of benzene rings is 2. The summed E-state index contributed by atoms with van der Waals surface area (Å²) in [6.45, 7) is 4.06. The Morgan fingerprint density at radius 3 is 2.57 bits per heavy atom. The fourth-order valence-corrected chi connectivity index (χ4v) is 2.25. The standard InChI is InChI=1S/C17H17BrN2O/c1-12-3-6-15(13(2)9-12)10-17(21)20-19-11-14-4-7-16(18)8-5-14/h3-9,11H,10H2,1-2H3,(H,20,21)/b19-11+. The van der Waals surface area contributed by atoms with E-state index in [9.17, 15) is 4.79 Å². The second kappa shape index (κ2) is 7.18. The van der Waals surface area contributed by atoms with Crippen LogP contribution in [-0.4, -0.2) is 12.1 Å². The van der Waals surface area contributed by atoms with Crippen LogP contribution in [0.3, 0.4) is 0 Å². The van der Waals surface area contributed by atoms with Crippen molar-refractivity contribution in [2.24, 2.45) is 5.10 Å². The highest BCUT2D eigenvalue weighted by atomic mass is 79.9. The van der Waals surface area contributed by atoms with E-state index in [0.717, 1.165) is 21.2 Å². The van der Waals surface area contributed by atoms with Crippen molar-refractivity contribution in [3.05, 3.63) is 69.2 Å². The van der Waals surface area contributed by atoms with Crippen LogP contribution in [0.1, 0.15) is 22.3 Å². The first-order valence-corrected chi connectivity index (χ1v) is 7.47. The number of nitrogens with one attached hydrogen (secondary N) is 1. The number of rotatable bonds is 4. The van der Waals surface area contributed by atoms with Gasteiger partial charge in [0.15, 0.2) is 0 Å². The molecule has 0 aliphatic heterocycles. The first-order valence-electron chi connectivity index (χ1n) is 6.68. The summed E-state index contributed by atoms with van der Waals surface area (Å²) in [6.07, 6.45) is 1.97. The summed E-state index contributed by atoms with van der Waals surface area (Å²) in [4.78, 5) is 11.9. The number of hydrogen-bond donors (Lipinski definition) is 1. The maximum atomic E-state index is 11.9. The summed E-state index contributed by atoms with van der Waals surface area (Å²) in [6, 6.07) is 13.8. The molecule has 2 aromatic carbocycles. The molecule has 0 bridgehead atoms. The average molecular weight is 345 g/mol. The average Bonchev–Trinajstić information content (AvgIpc) is 2.44. The van der Waals surface area contributed by atoms with E-state index in [1.165, 1.54) is 5.56 Å². The van der Waals surface area contributed by atoms with Crippen LogP contribution >= 0.6 is 15.9 Å². The fraction of sp³-hybridized carbons (Fsp3) is 0.176. The number of carbonyl (C=O) groups is 1. The maximum absolute atomic E-state index is 11.9. The van der Waals surface area contributed by atoms with E-state index in [4.69, 9.17) is 0 Å². The molecule has 2 rings (SSSR count). The SMILES string of the molecule is Cc1ccc(CC(=O)N/N=C/c2ccc(Br)cc2)c(C)c1.